The van der Waals surface area contributed by atoms with Gasteiger partial charge in [-0.3, -0.25) is 0 Å². The summed E-state index contributed by atoms with van der Waals surface area (Å²) in [5.41, 5.74) is 1.33. The highest BCUT2D eigenvalue weighted by Crippen LogP contribution is 2.30. The molecule has 1 saturated carbocycles. The molecule has 0 bridgehead atoms. The molecule has 1 unspecified atom stereocenters. The maximum absolute atomic E-state index is 11.6. The summed E-state index contributed by atoms with van der Waals surface area (Å²) in [5.74, 6) is 0.319. The fraction of sp³-hybridized carbons (Fsp3) is 0.533. The number of methoxy groups -OCH3 is 1. The van der Waals surface area contributed by atoms with Crippen LogP contribution in [0.15, 0.2) is 18.2 Å². The molecule has 19 heavy (non-hydrogen) atoms. The lowest BCUT2D eigenvalue weighted by Gasteiger charge is -2.22. The van der Waals surface area contributed by atoms with Crippen molar-refractivity contribution in [2.75, 3.05) is 12.4 Å². The summed E-state index contributed by atoms with van der Waals surface area (Å²) in [6, 6.07) is 5.81. The quantitative estimate of drug-likeness (QED) is 0.844. The zero-order valence-electron chi connectivity index (χ0n) is 11.4. The van der Waals surface area contributed by atoms with Gasteiger partial charge in [0.2, 0.25) is 0 Å². The predicted octanol–water partition coefficient (Wildman–Crippen LogP) is 4.12. The van der Waals surface area contributed by atoms with Crippen LogP contribution < -0.4 is 5.32 Å². The Kier molecular flexibility index (Phi) is 4.70. The molecule has 0 spiro atoms. The summed E-state index contributed by atoms with van der Waals surface area (Å²) in [6.07, 6.45) is 5.21. The Balaban J connectivity index is 2.10. The van der Waals surface area contributed by atoms with Gasteiger partial charge in [-0.1, -0.05) is 24.4 Å². The summed E-state index contributed by atoms with van der Waals surface area (Å²) in [7, 11) is 1.36. The first kappa shape index (κ1) is 14.2. The molecule has 1 aliphatic carbocycles. The molecule has 0 saturated heterocycles. The van der Waals surface area contributed by atoms with Crippen molar-refractivity contribution < 1.29 is 9.53 Å². The van der Waals surface area contributed by atoms with E-state index in [-0.39, 0.29) is 0 Å². The van der Waals surface area contributed by atoms with Crippen LogP contribution in [0.3, 0.4) is 0 Å². The molecule has 104 valence electrons. The van der Waals surface area contributed by atoms with Crippen LogP contribution in [0.2, 0.25) is 5.02 Å². The molecule has 3 nitrogen and oxygen atoms in total. The third-order valence-corrected chi connectivity index (χ3v) is 4.20. The average Bonchev–Trinajstić information content (AvgIpc) is 2.94. The van der Waals surface area contributed by atoms with Gasteiger partial charge in [0.25, 0.3) is 0 Å². The second kappa shape index (κ2) is 6.29. The molecule has 4 heteroatoms. The summed E-state index contributed by atoms with van der Waals surface area (Å²) in [5, 5.41) is 3.89. The number of halogens is 1. The molecule has 1 N–H and O–H groups in total. The van der Waals surface area contributed by atoms with E-state index in [0.29, 0.717) is 16.6 Å². The number of carbonyl (C=O) groups is 1. The van der Waals surface area contributed by atoms with E-state index < -0.39 is 5.97 Å². The third-order valence-electron chi connectivity index (χ3n) is 3.87. The second-order valence-corrected chi connectivity index (χ2v) is 5.57. The van der Waals surface area contributed by atoms with Crippen LogP contribution >= 0.6 is 11.6 Å². The number of ether oxygens (including phenoxy) is 1. The number of rotatable bonds is 4. The lowest BCUT2D eigenvalue weighted by atomic mass is 9.99. The van der Waals surface area contributed by atoms with Crippen LogP contribution in [0, 0.1) is 5.92 Å². The van der Waals surface area contributed by atoms with E-state index in [9.17, 15) is 4.79 Å². The Hall–Kier alpha value is -1.22. The SMILES string of the molecule is COC(=O)c1cc(NC(C)C2CCCC2)ccc1Cl. The van der Waals surface area contributed by atoms with Crippen molar-refractivity contribution in [3.8, 4) is 0 Å². The first-order valence-electron chi connectivity index (χ1n) is 6.76. The van der Waals surface area contributed by atoms with Gasteiger partial charge < -0.3 is 10.1 Å². The number of carbonyl (C=O) groups excluding carboxylic acids is 1. The largest absolute Gasteiger partial charge is 0.465 e. The zero-order valence-corrected chi connectivity index (χ0v) is 12.2. The Labute approximate surface area is 119 Å². The van der Waals surface area contributed by atoms with Gasteiger partial charge in [-0.15, -0.1) is 0 Å². The highest BCUT2D eigenvalue weighted by Gasteiger charge is 2.21. The number of esters is 1. The Morgan fingerprint density at radius 1 is 1.42 bits per heavy atom. The van der Waals surface area contributed by atoms with E-state index >= 15 is 0 Å². The number of anilines is 1. The van der Waals surface area contributed by atoms with Crippen LogP contribution in [0.4, 0.5) is 5.69 Å². The topological polar surface area (TPSA) is 38.3 Å². The van der Waals surface area contributed by atoms with Crippen LogP contribution in [0.1, 0.15) is 43.0 Å². The van der Waals surface area contributed by atoms with Gasteiger partial charge in [0.15, 0.2) is 0 Å². The first-order valence-corrected chi connectivity index (χ1v) is 7.14. The van der Waals surface area contributed by atoms with Crippen molar-refractivity contribution in [3.05, 3.63) is 28.8 Å². The molecule has 0 amide bonds. The molecule has 0 aromatic heterocycles. The maximum atomic E-state index is 11.6. The van der Waals surface area contributed by atoms with Crippen molar-refractivity contribution in [2.45, 2.75) is 38.6 Å². The van der Waals surface area contributed by atoms with Crippen molar-refractivity contribution in [2.24, 2.45) is 5.92 Å². The van der Waals surface area contributed by atoms with Gasteiger partial charge in [0.1, 0.15) is 0 Å². The molecule has 1 atom stereocenters. The van der Waals surface area contributed by atoms with Crippen molar-refractivity contribution in [3.63, 3.8) is 0 Å². The summed E-state index contributed by atoms with van der Waals surface area (Å²) >= 11 is 6.00. The fourth-order valence-electron chi connectivity index (χ4n) is 2.72. The number of nitrogens with one attached hydrogen (secondary N) is 1. The summed E-state index contributed by atoms with van der Waals surface area (Å²) in [4.78, 5) is 11.6. The van der Waals surface area contributed by atoms with Gasteiger partial charge in [-0.05, 0) is 43.9 Å². The molecule has 1 fully saturated rings. The first-order chi connectivity index (χ1) is 9.11. The van der Waals surface area contributed by atoms with E-state index in [1.807, 2.05) is 6.07 Å². The van der Waals surface area contributed by atoms with E-state index in [1.54, 1.807) is 12.1 Å². The highest BCUT2D eigenvalue weighted by atomic mass is 35.5. The molecule has 0 aliphatic heterocycles. The van der Waals surface area contributed by atoms with Crippen LogP contribution in [0.25, 0.3) is 0 Å². The minimum atomic E-state index is -0.401. The van der Waals surface area contributed by atoms with Crippen molar-refractivity contribution >= 4 is 23.3 Å². The second-order valence-electron chi connectivity index (χ2n) is 5.16. The standard InChI is InChI=1S/C15H20ClNO2/c1-10(11-5-3-4-6-11)17-12-7-8-14(16)13(9-12)15(18)19-2/h7-11,17H,3-6H2,1-2H3. The molecular formula is C15H20ClNO2. The van der Waals surface area contributed by atoms with E-state index in [1.165, 1.54) is 32.8 Å². The van der Waals surface area contributed by atoms with Crippen LogP contribution in [-0.2, 0) is 4.74 Å². The van der Waals surface area contributed by atoms with E-state index in [2.05, 4.69) is 12.2 Å². The lowest BCUT2D eigenvalue weighted by molar-refractivity contribution is 0.0601. The van der Waals surface area contributed by atoms with Crippen molar-refractivity contribution in [1.82, 2.24) is 0 Å². The molecule has 1 aromatic carbocycles. The minimum Gasteiger partial charge on any atom is -0.465 e. The van der Waals surface area contributed by atoms with Gasteiger partial charge in [0, 0.05) is 11.7 Å². The number of hydrogen-bond acceptors (Lipinski definition) is 3. The molecule has 0 radical (unpaired) electrons. The molecule has 1 aliphatic rings. The van der Waals surface area contributed by atoms with Crippen LogP contribution in [-0.4, -0.2) is 19.1 Å². The Morgan fingerprint density at radius 2 is 2.11 bits per heavy atom. The monoisotopic (exact) mass is 281 g/mol. The predicted molar refractivity (Wildman–Crippen MR) is 77.8 cm³/mol. The van der Waals surface area contributed by atoms with Gasteiger partial charge in [-0.25, -0.2) is 4.79 Å². The Morgan fingerprint density at radius 3 is 2.74 bits per heavy atom. The highest BCUT2D eigenvalue weighted by molar-refractivity contribution is 6.33. The summed E-state index contributed by atoms with van der Waals surface area (Å²) in [6.45, 7) is 2.20. The molecular weight excluding hydrogens is 262 g/mol. The number of benzene rings is 1. The minimum absolute atomic E-state index is 0.401. The zero-order chi connectivity index (χ0) is 13.8. The summed E-state index contributed by atoms with van der Waals surface area (Å²) < 4.78 is 4.73. The van der Waals surface area contributed by atoms with Gasteiger partial charge in [0.05, 0.1) is 17.7 Å². The third kappa shape index (κ3) is 3.41. The van der Waals surface area contributed by atoms with Gasteiger partial charge in [-0.2, -0.15) is 0 Å². The van der Waals surface area contributed by atoms with Crippen molar-refractivity contribution in [1.29, 1.82) is 0 Å². The maximum Gasteiger partial charge on any atom is 0.339 e. The average molecular weight is 282 g/mol. The van der Waals surface area contributed by atoms with Gasteiger partial charge >= 0.3 is 5.97 Å². The lowest BCUT2D eigenvalue weighted by Crippen LogP contribution is -2.23. The Bertz CT molecular complexity index is 455. The van der Waals surface area contributed by atoms with E-state index in [4.69, 9.17) is 16.3 Å². The van der Waals surface area contributed by atoms with Crippen LogP contribution in [0.5, 0.6) is 0 Å². The fourth-order valence-corrected chi connectivity index (χ4v) is 2.91. The molecule has 2 rings (SSSR count). The van der Waals surface area contributed by atoms with E-state index in [0.717, 1.165) is 11.6 Å². The molecule has 0 heterocycles. The normalized spacial score (nSPS) is 17.2. The number of hydrogen-bond donors (Lipinski definition) is 1. The smallest absolute Gasteiger partial charge is 0.339 e. The molecule has 1 aromatic rings.